The van der Waals surface area contributed by atoms with Crippen molar-refractivity contribution in [2.75, 3.05) is 0 Å². The van der Waals surface area contributed by atoms with Crippen molar-refractivity contribution < 1.29 is 5.11 Å². The van der Waals surface area contributed by atoms with Gasteiger partial charge in [-0.1, -0.05) is 31.8 Å². The van der Waals surface area contributed by atoms with Crippen molar-refractivity contribution in [1.82, 2.24) is 0 Å². The van der Waals surface area contributed by atoms with Crippen LogP contribution in [-0.2, 0) is 0 Å². The molecule has 4 aliphatic rings. The molecule has 0 aromatic rings. The van der Waals surface area contributed by atoms with Gasteiger partial charge in [0.15, 0.2) is 0 Å². The molecule has 1 unspecified atom stereocenters. The second-order valence-corrected chi connectivity index (χ2v) is 7.68. The highest BCUT2D eigenvalue weighted by Crippen LogP contribution is 2.59. The van der Waals surface area contributed by atoms with Gasteiger partial charge < -0.3 is 5.11 Å². The van der Waals surface area contributed by atoms with Crippen molar-refractivity contribution in [2.24, 2.45) is 29.1 Å². The van der Waals surface area contributed by atoms with Crippen molar-refractivity contribution in [3.8, 4) is 0 Å². The molecule has 0 saturated heterocycles. The molecule has 1 heteroatoms. The summed E-state index contributed by atoms with van der Waals surface area (Å²) in [5.41, 5.74) is 1.76. The fourth-order valence-electron chi connectivity index (χ4n) is 5.86. The van der Waals surface area contributed by atoms with Gasteiger partial charge in [0.05, 0.1) is 0 Å². The van der Waals surface area contributed by atoms with Crippen molar-refractivity contribution in [1.29, 1.82) is 0 Å². The van der Waals surface area contributed by atoms with Gasteiger partial charge >= 0.3 is 0 Å². The molecule has 3 saturated carbocycles. The van der Waals surface area contributed by atoms with Crippen LogP contribution in [0.2, 0.25) is 0 Å². The Hall–Kier alpha value is -0.720. The topological polar surface area (TPSA) is 20.2 Å². The van der Waals surface area contributed by atoms with E-state index in [1.54, 1.807) is 5.57 Å². The predicted octanol–water partition coefficient (Wildman–Crippen LogP) is 5.00. The Kier molecular flexibility index (Phi) is 2.62. The highest BCUT2D eigenvalue weighted by molar-refractivity contribution is 5.40. The van der Waals surface area contributed by atoms with Crippen LogP contribution in [0.1, 0.15) is 58.3 Å². The van der Waals surface area contributed by atoms with Gasteiger partial charge in [0.2, 0.25) is 0 Å². The molecule has 5 atom stereocenters. The van der Waals surface area contributed by atoms with Gasteiger partial charge in [0, 0.05) is 5.41 Å². The Morgan fingerprint density at radius 2 is 1.89 bits per heavy atom. The first kappa shape index (κ1) is 12.1. The molecule has 0 aromatic heterocycles. The zero-order valence-electron chi connectivity index (χ0n) is 12.1. The van der Waals surface area contributed by atoms with Crippen molar-refractivity contribution in [3.63, 3.8) is 0 Å². The van der Waals surface area contributed by atoms with Gasteiger partial charge in [-0.15, -0.1) is 0 Å². The van der Waals surface area contributed by atoms with E-state index in [1.807, 2.05) is 0 Å². The quantitative estimate of drug-likeness (QED) is 0.648. The van der Waals surface area contributed by atoms with E-state index < -0.39 is 0 Å². The Labute approximate surface area is 116 Å². The van der Waals surface area contributed by atoms with Gasteiger partial charge in [-0.2, -0.15) is 0 Å². The number of allylic oxidation sites excluding steroid dienone is 3. The number of rotatable bonds is 0. The maximum absolute atomic E-state index is 9.93. The van der Waals surface area contributed by atoms with Crippen LogP contribution in [0.5, 0.6) is 0 Å². The fraction of sp³-hybridized carbons (Fsp3) is 0.778. The molecule has 1 nitrogen and oxygen atoms in total. The van der Waals surface area contributed by atoms with E-state index >= 15 is 0 Å². The highest BCUT2D eigenvalue weighted by atomic mass is 16.3. The molecule has 4 aliphatic carbocycles. The number of fused-ring (bicyclic) bond motifs is 5. The molecule has 0 aliphatic heterocycles. The van der Waals surface area contributed by atoms with Crippen LogP contribution in [0, 0.1) is 29.1 Å². The summed E-state index contributed by atoms with van der Waals surface area (Å²) in [7, 11) is 0. The van der Waals surface area contributed by atoms with Crippen LogP contribution >= 0.6 is 0 Å². The minimum atomic E-state index is 0.187. The summed E-state index contributed by atoms with van der Waals surface area (Å²) >= 11 is 0. The molecule has 104 valence electrons. The van der Waals surface area contributed by atoms with Gasteiger partial charge in [-0.05, 0) is 67.9 Å². The third-order valence-electron chi connectivity index (χ3n) is 6.71. The molecular formula is C18H26O. The first-order chi connectivity index (χ1) is 9.17. The summed E-state index contributed by atoms with van der Waals surface area (Å²) in [6.07, 6.45) is 15.6. The monoisotopic (exact) mass is 258 g/mol. The maximum Gasteiger partial charge on any atom is 0.112 e. The summed E-state index contributed by atoms with van der Waals surface area (Å²) in [4.78, 5) is 0. The average Bonchev–Trinajstić information content (AvgIpc) is 2.73. The van der Waals surface area contributed by atoms with Gasteiger partial charge in [-0.25, -0.2) is 0 Å². The van der Waals surface area contributed by atoms with Crippen molar-refractivity contribution >= 4 is 0 Å². The third-order valence-corrected chi connectivity index (χ3v) is 6.71. The fourth-order valence-corrected chi connectivity index (χ4v) is 5.86. The van der Waals surface area contributed by atoms with E-state index in [0.717, 1.165) is 23.7 Å². The van der Waals surface area contributed by atoms with Crippen LogP contribution in [0.25, 0.3) is 0 Å². The first-order valence-corrected chi connectivity index (χ1v) is 8.31. The van der Waals surface area contributed by atoms with Gasteiger partial charge in [0.25, 0.3) is 0 Å². The number of aliphatic hydroxyl groups is 1. The lowest BCUT2D eigenvalue weighted by Gasteiger charge is -2.52. The average molecular weight is 258 g/mol. The standard InChI is InChI=1S/C18H26O/c1-18-9-8-15-14-5-3-2-4-12(14)6-7-16(15)17(18)10-13(19)11-18/h10-12,14-16,19H,2-9H2,1H3/t12?,14-,15+,16+,18+/m0/s1. The molecule has 3 fully saturated rings. The summed E-state index contributed by atoms with van der Waals surface area (Å²) in [5, 5.41) is 9.93. The predicted molar refractivity (Wildman–Crippen MR) is 77.8 cm³/mol. The van der Waals surface area contributed by atoms with Crippen LogP contribution in [0.3, 0.4) is 0 Å². The summed E-state index contributed by atoms with van der Waals surface area (Å²) in [5.74, 6) is 4.27. The Balaban J connectivity index is 1.65. The third kappa shape index (κ3) is 1.73. The smallest absolute Gasteiger partial charge is 0.112 e. The molecule has 0 amide bonds. The molecule has 0 spiro atoms. The van der Waals surface area contributed by atoms with E-state index in [-0.39, 0.29) is 5.41 Å². The lowest BCUT2D eigenvalue weighted by Crippen LogP contribution is -2.43. The van der Waals surface area contributed by atoms with E-state index in [9.17, 15) is 5.11 Å². The van der Waals surface area contributed by atoms with Crippen LogP contribution in [0.4, 0.5) is 0 Å². The number of aliphatic hydroxyl groups excluding tert-OH is 1. The molecule has 0 aromatic carbocycles. The number of hydrogen-bond donors (Lipinski definition) is 1. The molecule has 0 heterocycles. The lowest BCUT2D eigenvalue weighted by molar-refractivity contribution is 0.0345. The summed E-state index contributed by atoms with van der Waals surface area (Å²) < 4.78 is 0. The van der Waals surface area contributed by atoms with E-state index in [1.165, 1.54) is 51.4 Å². The second kappa shape index (κ2) is 4.14. The molecule has 1 N–H and O–H groups in total. The van der Waals surface area contributed by atoms with Crippen molar-refractivity contribution in [2.45, 2.75) is 58.3 Å². The molecule has 0 radical (unpaired) electrons. The molecule has 19 heavy (non-hydrogen) atoms. The Morgan fingerprint density at radius 3 is 2.79 bits per heavy atom. The number of hydrogen-bond acceptors (Lipinski definition) is 1. The minimum Gasteiger partial charge on any atom is -0.508 e. The van der Waals surface area contributed by atoms with Gasteiger partial charge in [0.1, 0.15) is 5.76 Å². The lowest BCUT2D eigenvalue weighted by atomic mass is 9.53. The zero-order valence-corrected chi connectivity index (χ0v) is 12.1. The van der Waals surface area contributed by atoms with Crippen LogP contribution < -0.4 is 0 Å². The summed E-state index contributed by atoms with van der Waals surface area (Å²) in [6.45, 7) is 2.34. The minimum absolute atomic E-state index is 0.187. The Morgan fingerprint density at radius 1 is 1.05 bits per heavy atom. The maximum atomic E-state index is 9.93. The van der Waals surface area contributed by atoms with Crippen molar-refractivity contribution in [3.05, 3.63) is 23.5 Å². The van der Waals surface area contributed by atoms with Crippen LogP contribution in [-0.4, -0.2) is 5.11 Å². The second-order valence-electron chi connectivity index (χ2n) is 7.68. The SMILES string of the molecule is C[C@@]12C=C(O)C=C1[C@@H]1CCC3CCCC[C@@H]3[C@H]1CC2. The highest BCUT2D eigenvalue weighted by Gasteiger charge is 2.49. The van der Waals surface area contributed by atoms with E-state index in [2.05, 4.69) is 19.1 Å². The molecule has 0 bridgehead atoms. The molecular weight excluding hydrogens is 232 g/mol. The largest absolute Gasteiger partial charge is 0.508 e. The summed E-state index contributed by atoms with van der Waals surface area (Å²) in [6, 6.07) is 0. The van der Waals surface area contributed by atoms with E-state index in [4.69, 9.17) is 0 Å². The van der Waals surface area contributed by atoms with Crippen LogP contribution in [0.15, 0.2) is 23.5 Å². The Bertz CT molecular complexity index is 447. The first-order valence-electron chi connectivity index (χ1n) is 8.31. The zero-order chi connectivity index (χ0) is 13.0. The van der Waals surface area contributed by atoms with Gasteiger partial charge in [-0.3, -0.25) is 0 Å². The normalized spacial score (nSPS) is 48.7. The van der Waals surface area contributed by atoms with E-state index in [0.29, 0.717) is 5.76 Å². The molecule has 4 rings (SSSR count).